The van der Waals surface area contributed by atoms with Crippen molar-refractivity contribution in [2.45, 2.75) is 31.3 Å². The zero-order chi connectivity index (χ0) is 16.2. The molecule has 7 heteroatoms. The second kappa shape index (κ2) is 7.04. The van der Waals surface area contributed by atoms with Gasteiger partial charge >= 0.3 is 0 Å². The largest absolute Gasteiger partial charge is 0.348 e. The third-order valence-electron chi connectivity index (χ3n) is 2.84. The standard InChI is InChI=1S/C15H18N2O3S2/c1-11(2)17-22(19,20)14-5-3-4-12(8-14)9-16-15(18)13-6-7-21-10-13/h3-8,10-11,17H,9H2,1-2H3,(H,16,18). The first-order valence-electron chi connectivity index (χ1n) is 6.80. The lowest BCUT2D eigenvalue weighted by molar-refractivity contribution is 0.0951. The Kier molecular flexibility index (Phi) is 5.33. The Bertz CT molecular complexity index is 738. The second-order valence-corrected chi connectivity index (χ2v) is 7.61. The van der Waals surface area contributed by atoms with Crippen LogP contribution in [0.5, 0.6) is 0 Å². The summed E-state index contributed by atoms with van der Waals surface area (Å²) in [6.07, 6.45) is 0. The van der Waals surface area contributed by atoms with Crippen LogP contribution in [0.1, 0.15) is 29.8 Å². The molecule has 0 fully saturated rings. The van der Waals surface area contributed by atoms with E-state index in [4.69, 9.17) is 0 Å². The van der Waals surface area contributed by atoms with E-state index in [-0.39, 0.29) is 23.4 Å². The number of rotatable bonds is 6. The fraction of sp³-hybridized carbons (Fsp3) is 0.267. The molecule has 0 bridgehead atoms. The van der Waals surface area contributed by atoms with Crippen molar-refractivity contribution in [2.24, 2.45) is 0 Å². The van der Waals surface area contributed by atoms with Crippen LogP contribution in [0.3, 0.4) is 0 Å². The molecule has 0 spiro atoms. The van der Waals surface area contributed by atoms with Crippen molar-refractivity contribution >= 4 is 27.3 Å². The molecule has 0 atom stereocenters. The van der Waals surface area contributed by atoms with Crippen LogP contribution >= 0.6 is 11.3 Å². The zero-order valence-electron chi connectivity index (χ0n) is 12.4. The summed E-state index contributed by atoms with van der Waals surface area (Å²) in [5, 5.41) is 6.37. The lowest BCUT2D eigenvalue weighted by Gasteiger charge is -2.11. The van der Waals surface area contributed by atoms with Gasteiger partial charge in [0.2, 0.25) is 10.0 Å². The Hall–Kier alpha value is -1.70. The molecule has 1 aromatic carbocycles. The molecule has 2 aromatic rings. The molecule has 5 nitrogen and oxygen atoms in total. The van der Waals surface area contributed by atoms with Crippen molar-refractivity contribution in [3.05, 3.63) is 52.2 Å². The minimum absolute atomic E-state index is 0.171. The molecule has 1 heterocycles. The molecule has 1 amide bonds. The van der Waals surface area contributed by atoms with Crippen molar-refractivity contribution in [3.8, 4) is 0 Å². The fourth-order valence-corrected chi connectivity index (χ4v) is 3.84. The first kappa shape index (κ1) is 16.7. The first-order valence-corrected chi connectivity index (χ1v) is 9.23. The van der Waals surface area contributed by atoms with Gasteiger partial charge in [-0.25, -0.2) is 13.1 Å². The summed E-state index contributed by atoms with van der Waals surface area (Å²) in [6.45, 7) is 3.81. The summed E-state index contributed by atoms with van der Waals surface area (Å²) in [4.78, 5) is 12.1. The highest BCUT2D eigenvalue weighted by Gasteiger charge is 2.15. The van der Waals surface area contributed by atoms with Crippen LogP contribution < -0.4 is 10.0 Å². The number of benzene rings is 1. The van der Waals surface area contributed by atoms with Crippen LogP contribution in [0.15, 0.2) is 46.0 Å². The Morgan fingerprint density at radius 2 is 2.05 bits per heavy atom. The number of carbonyl (C=O) groups excluding carboxylic acids is 1. The van der Waals surface area contributed by atoms with E-state index in [1.807, 2.05) is 5.38 Å². The normalized spacial score (nSPS) is 11.6. The summed E-state index contributed by atoms with van der Waals surface area (Å²) in [6, 6.07) is 8.12. The summed E-state index contributed by atoms with van der Waals surface area (Å²) in [5.41, 5.74) is 1.34. The van der Waals surface area contributed by atoms with E-state index in [2.05, 4.69) is 10.0 Å². The van der Waals surface area contributed by atoms with Gasteiger partial charge in [-0.05, 0) is 43.0 Å². The average Bonchev–Trinajstić information content (AvgIpc) is 2.98. The number of carbonyl (C=O) groups is 1. The molecule has 0 unspecified atom stereocenters. The summed E-state index contributed by atoms with van der Waals surface area (Å²) < 4.78 is 26.8. The van der Waals surface area contributed by atoms with Crippen molar-refractivity contribution in [3.63, 3.8) is 0 Å². The third kappa shape index (κ3) is 4.40. The van der Waals surface area contributed by atoms with E-state index < -0.39 is 10.0 Å². The highest BCUT2D eigenvalue weighted by atomic mass is 32.2. The Balaban J connectivity index is 2.07. The van der Waals surface area contributed by atoms with Gasteiger partial charge in [0.1, 0.15) is 0 Å². The zero-order valence-corrected chi connectivity index (χ0v) is 14.0. The number of thiophene rings is 1. The maximum Gasteiger partial charge on any atom is 0.252 e. The Morgan fingerprint density at radius 1 is 1.27 bits per heavy atom. The topological polar surface area (TPSA) is 75.3 Å². The van der Waals surface area contributed by atoms with Crippen molar-refractivity contribution in [1.82, 2.24) is 10.0 Å². The van der Waals surface area contributed by atoms with Crippen LogP contribution in [0.25, 0.3) is 0 Å². The number of sulfonamides is 1. The minimum Gasteiger partial charge on any atom is -0.348 e. The highest BCUT2D eigenvalue weighted by Crippen LogP contribution is 2.12. The van der Waals surface area contributed by atoms with E-state index in [1.165, 1.54) is 17.4 Å². The quantitative estimate of drug-likeness (QED) is 0.849. The van der Waals surface area contributed by atoms with Gasteiger partial charge in [0, 0.05) is 23.5 Å². The Morgan fingerprint density at radius 3 is 2.68 bits per heavy atom. The summed E-state index contributed by atoms with van der Waals surface area (Å²) >= 11 is 1.45. The number of nitrogens with one attached hydrogen (secondary N) is 2. The van der Waals surface area contributed by atoms with Gasteiger partial charge in [0.15, 0.2) is 0 Å². The molecule has 2 rings (SSSR count). The molecular formula is C15H18N2O3S2. The van der Waals surface area contributed by atoms with Crippen LogP contribution in [0, 0.1) is 0 Å². The minimum atomic E-state index is -3.52. The SMILES string of the molecule is CC(C)NS(=O)(=O)c1cccc(CNC(=O)c2ccsc2)c1. The molecule has 0 aliphatic carbocycles. The molecule has 22 heavy (non-hydrogen) atoms. The summed E-state index contributed by atoms with van der Waals surface area (Å²) in [7, 11) is -3.52. The van der Waals surface area contributed by atoms with E-state index in [9.17, 15) is 13.2 Å². The van der Waals surface area contributed by atoms with Crippen LogP contribution in [-0.4, -0.2) is 20.4 Å². The van der Waals surface area contributed by atoms with Crippen molar-refractivity contribution < 1.29 is 13.2 Å². The van der Waals surface area contributed by atoms with Gasteiger partial charge in [-0.1, -0.05) is 12.1 Å². The maximum absolute atomic E-state index is 12.1. The van der Waals surface area contributed by atoms with E-state index in [0.29, 0.717) is 5.56 Å². The van der Waals surface area contributed by atoms with Crippen LogP contribution in [0.4, 0.5) is 0 Å². The predicted octanol–water partition coefficient (Wildman–Crippen LogP) is 2.36. The van der Waals surface area contributed by atoms with Gasteiger partial charge in [-0.3, -0.25) is 4.79 Å². The molecule has 118 valence electrons. The smallest absolute Gasteiger partial charge is 0.252 e. The molecule has 0 aliphatic rings. The van der Waals surface area contributed by atoms with Gasteiger partial charge in [0.25, 0.3) is 5.91 Å². The predicted molar refractivity (Wildman–Crippen MR) is 87.4 cm³/mol. The molecular weight excluding hydrogens is 320 g/mol. The molecule has 0 aliphatic heterocycles. The maximum atomic E-state index is 12.1. The number of amides is 1. The first-order chi connectivity index (χ1) is 10.4. The Labute approximate surface area is 134 Å². The summed E-state index contributed by atoms with van der Waals surface area (Å²) in [5.74, 6) is -0.171. The van der Waals surface area contributed by atoms with Crippen molar-refractivity contribution in [2.75, 3.05) is 0 Å². The lowest BCUT2D eigenvalue weighted by atomic mass is 10.2. The fourth-order valence-electron chi connectivity index (χ4n) is 1.88. The lowest BCUT2D eigenvalue weighted by Crippen LogP contribution is -2.30. The van der Waals surface area contributed by atoms with E-state index >= 15 is 0 Å². The van der Waals surface area contributed by atoms with Gasteiger partial charge in [0.05, 0.1) is 4.90 Å². The molecule has 0 radical (unpaired) electrons. The molecule has 1 aromatic heterocycles. The van der Waals surface area contributed by atoms with Crippen molar-refractivity contribution in [1.29, 1.82) is 0 Å². The monoisotopic (exact) mass is 338 g/mol. The third-order valence-corrected chi connectivity index (χ3v) is 5.18. The van der Waals surface area contributed by atoms with Gasteiger partial charge in [-0.2, -0.15) is 11.3 Å². The van der Waals surface area contributed by atoms with Crippen LogP contribution in [-0.2, 0) is 16.6 Å². The van der Waals surface area contributed by atoms with Gasteiger partial charge in [-0.15, -0.1) is 0 Å². The number of hydrogen-bond donors (Lipinski definition) is 2. The van der Waals surface area contributed by atoms with E-state index in [0.717, 1.165) is 5.56 Å². The molecule has 0 saturated carbocycles. The number of hydrogen-bond acceptors (Lipinski definition) is 4. The molecule has 0 saturated heterocycles. The second-order valence-electron chi connectivity index (χ2n) is 5.12. The average molecular weight is 338 g/mol. The molecule has 2 N–H and O–H groups in total. The van der Waals surface area contributed by atoms with Crippen LogP contribution in [0.2, 0.25) is 0 Å². The highest BCUT2D eigenvalue weighted by molar-refractivity contribution is 7.89. The van der Waals surface area contributed by atoms with Gasteiger partial charge < -0.3 is 5.32 Å². The van der Waals surface area contributed by atoms with E-state index in [1.54, 1.807) is 43.5 Å².